The lowest BCUT2D eigenvalue weighted by Crippen LogP contribution is -2.32. The second-order valence-electron chi connectivity index (χ2n) is 5.45. The molecule has 1 aliphatic rings. The lowest BCUT2D eigenvalue weighted by molar-refractivity contribution is -0.119. The number of amides is 1. The number of rotatable bonds is 6. The third-order valence-electron chi connectivity index (χ3n) is 2.90. The van der Waals surface area contributed by atoms with Crippen molar-refractivity contribution >= 4 is 23.2 Å². The van der Waals surface area contributed by atoms with Crippen LogP contribution in [0.1, 0.15) is 26.7 Å². The van der Waals surface area contributed by atoms with Gasteiger partial charge in [0.05, 0.1) is 18.4 Å². The number of nitrogens with one attached hydrogen (secondary N) is 2. The highest BCUT2D eigenvalue weighted by Crippen LogP contribution is 2.18. The van der Waals surface area contributed by atoms with Gasteiger partial charge in [0.25, 0.3) is 5.56 Å². The number of hydrogen-bond donors (Lipinski definition) is 2. The van der Waals surface area contributed by atoms with Crippen LogP contribution in [0.3, 0.4) is 0 Å². The molecule has 0 spiro atoms. The normalized spacial score (nSPS) is 14.4. The summed E-state index contributed by atoms with van der Waals surface area (Å²) in [6, 6.07) is 0.317. The lowest BCUT2D eigenvalue weighted by atomic mass is 10.2. The summed E-state index contributed by atoms with van der Waals surface area (Å²) in [5.41, 5.74) is 0.0515. The standard InChI is InChI=1S/C13H19ClN4O2/c1-8(2)7-18-13(20)12(14)10(5-16-18)15-6-11(19)17-9-3-4-9/h5,8-9,15H,3-4,6-7H2,1-2H3,(H,17,19). The zero-order valence-corrected chi connectivity index (χ0v) is 12.4. The Kier molecular flexibility index (Phi) is 4.65. The summed E-state index contributed by atoms with van der Waals surface area (Å²) in [4.78, 5) is 23.5. The van der Waals surface area contributed by atoms with Gasteiger partial charge in [-0.1, -0.05) is 25.4 Å². The van der Waals surface area contributed by atoms with Crippen molar-refractivity contribution in [2.24, 2.45) is 5.92 Å². The molecule has 0 aromatic carbocycles. The van der Waals surface area contributed by atoms with Crippen LogP contribution >= 0.6 is 11.6 Å². The van der Waals surface area contributed by atoms with E-state index in [2.05, 4.69) is 15.7 Å². The van der Waals surface area contributed by atoms with Gasteiger partial charge in [0.15, 0.2) is 0 Å². The van der Waals surface area contributed by atoms with Crippen molar-refractivity contribution in [3.05, 3.63) is 21.6 Å². The first-order chi connectivity index (χ1) is 9.47. The van der Waals surface area contributed by atoms with Gasteiger partial charge in [-0.05, 0) is 18.8 Å². The van der Waals surface area contributed by atoms with Gasteiger partial charge in [-0.3, -0.25) is 9.59 Å². The summed E-state index contributed by atoms with van der Waals surface area (Å²) in [5, 5.41) is 9.82. The molecule has 0 unspecified atom stereocenters. The Labute approximate surface area is 122 Å². The first-order valence-electron chi connectivity index (χ1n) is 6.76. The van der Waals surface area contributed by atoms with E-state index in [1.54, 1.807) is 0 Å². The molecule has 0 bridgehead atoms. The summed E-state index contributed by atoms with van der Waals surface area (Å²) < 4.78 is 1.34. The minimum absolute atomic E-state index is 0.0693. The van der Waals surface area contributed by atoms with E-state index in [1.165, 1.54) is 10.9 Å². The maximum atomic E-state index is 12.0. The number of nitrogens with zero attached hydrogens (tertiary/aromatic N) is 2. The van der Waals surface area contributed by atoms with Crippen molar-refractivity contribution < 1.29 is 4.79 Å². The molecule has 1 amide bonds. The average Bonchev–Trinajstić information content (AvgIpc) is 3.17. The van der Waals surface area contributed by atoms with Crippen LogP contribution in [0.4, 0.5) is 5.69 Å². The molecule has 0 atom stereocenters. The molecule has 1 aliphatic carbocycles. The number of hydrogen-bond acceptors (Lipinski definition) is 4. The van der Waals surface area contributed by atoms with Crippen molar-refractivity contribution in [1.29, 1.82) is 0 Å². The number of carbonyl (C=O) groups excluding carboxylic acids is 1. The molecule has 0 aliphatic heterocycles. The van der Waals surface area contributed by atoms with E-state index in [9.17, 15) is 9.59 Å². The van der Waals surface area contributed by atoms with Gasteiger partial charge in [-0.2, -0.15) is 5.10 Å². The first-order valence-corrected chi connectivity index (χ1v) is 7.14. The maximum Gasteiger partial charge on any atom is 0.287 e. The molecule has 20 heavy (non-hydrogen) atoms. The van der Waals surface area contributed by atoms with E-state index in [0.717, 1.165) is 12.8 Å². The SMILES string of the molecule is CC(C)Cn1ncc(NCC(=O)NC2CC2)c(Cl)c1=O. The highest BCUT2D eigenvalue weighted by atomic mass is 35.5. The molecule has 7 heteroatoms. The van der Waals surface area contributed by atoms with Gasteiger partial charge in [-0.15, -0.1) is 0 Å². The summed E-state index contributed by atoms with van der Waals surface area (Å²) in [5.74, 6) is 0.203. The zero-order valence-electron chi connectivity index (χ0n) is 11.6. The van der Waals surface area contributed by atoms with Crippen LogP contribution in [0.2, 0.25) is 5.02 Å². The van der Waals surface area contributed by atoms with Gasteiger partial charge in [0, 0.05) is 12.6 Å². The largest absolute Gasteiger partial charge is 0.373 e. The average molecular weight is 299 g/mol. The van der Waals surface area contributed by atoms with Crippen molar-refractivity contribution in [3.8, 4) is 0 Å². The second-order valence-corrected chi connectivity index (χ2v) is 5.83. The van der Waals surface area contributed by atoms with E-state index in [-0.39, 0.29) is 23.0 Å². The third-order valence-corrected chi connectivity index (χ3v) is 3.27. The van der Waals surface area contributed by atoms with Crippen LogP contribution in [0.25, 0.3) is 0 Å². The smallest absolute Gasteiger partial charge is 0.287 e. The zero-order chi connectivity index (χ0) is 14.7. The Morgan fingerprint density at radius 1 is 1.55 bits per heavy atom. The molecule has 110 valence electrons. The van der Waals surface area contributed by atoms with Crippen LogP contribution in [-0.2, 0) is 11.3 Å². The number of anilines is 1. The minimum Gasteiger partial charge on any atom is -0.373 e. The molecular formula is C13H19ClN4O2. The van der Waals surface area contributed by atoms with Crippen LogP contribution in [0, 0.1) is 5.92 Å². The lowest BCUT2D eigenvalue weighted by Gasteiger charge is -2.11. The quantitative estimate of drug-likeness (QED) is 0.828. The van der Waals surface area contributed by atoms with Crippen molar-refractivity contribution in [2.45, 2.75) is 39.3 Å². The van der Waals surface area contributed by atoms with Gasteiger partial charge < -0.3 is 10.6 Å². The van der Waals surface area contributed by atoms with Gasteiger partial charge >= 0.3 is 0 Å². The Bertz CT molecular complexity index is 552. The van der Waals surface area contributed by atoms with Gasteiger partial charge in [0.2, 0.25) is 5.91 Å². The molecule has 2 rings (SSSR count). The van der Waals surface area contributed by atoms with Crippen LogP contribution in [0.15, 0.2) is 11.0 Å². The number of aromatic nitrogens is 2. The highest BCUT2D eigenvalue weighted by molar-refractivity contribution is 6.33. The summed E-state index contributed by atoms with van der Waals surface area (Å²) in [6.07, 6.45) is 3.56. The highest BCUT2D eigenvalue weighted by Gasteiger charge is 2.23. The molecule has 6 nitrogen and oxygen atoms in total. The van der Waals surface area contributed by atoms with E-state index in [1.807, 2.05) is 13.8 Å². The van der Waals surface area contributed by atoms with E-state index in [0.29, 0.717) is 24.2 Å². The number of halogens is 1. The van der Waals surface area contributed by atoms with Crippen LogP contribution in [-0.4, -0.2) is 28.3 Å². The Morgan fingerprint density at radius 2 is 2.25 bits per heavy atom. The Hall–Kier alpha value is -1.56. The topological polar surface area (TPSA) is 76.0 Å². The van der Waals surface area contributed by atoms with Crippen molar-refractivity contribution in [1.82, 2.24) is 15.1 Å². The summed E-state index contributed by atoms with van der Waals surface area (Å²) >= 11 is 6.02. The fourth-order valence-electron chi connectivity index (χ4n) is 1.75. The fourth-order valence-corrected chi connectivity index (χ4v) is 1.96. The van der Waals surface area contributed by atoms with E-state index in [4.69, 9.17) is 11.6 Å². The van der Waals surface area contributed by atoms with Gasteiger partial charge in [-0.25, -0.2) is 4.68 Å². The van der Waals surface area contributed by atoms with Crippen LogP contribution in [0.5, 0.6) is 0 Å². The second kappa shape index (κ2) is 6.26. The maximum absolute atomic E-state index is 12.0. The molecule has 0 radical (unpaired) electrons. The van der Waals surface area contributed by atoms with Crippen molar-refractivity contribution in [3.63, 3.8) is 0 Å². The Morgan fingerprint density at radius 3 is 2.85 bits per heavy atom. The molecule has 0 saturated heterocycles. The fraction of sp³-hybridized carbons (Fsp3) is 0.615. The summed E-state index contributed by atoms with van der Waals surface area (Å²) in [7, 11) is 0. The minimum atomic E-state index is -0.340. The predicted molar refractivity (Wildman–Crippen MR) is 78.0 cm³/mol. The van der Waals surface area contributed by atoms with E-state index >= 15 is 0 Å². The van der Waals surface area contributed by atoms with Crippen molar-refractivity contribution in [2.75, 3.05) is 11.9 Å². The van der Waals surface area contributed by atoms with Gasteiger partial charge in [0.1, 0.15) is 5.02 Å². The molecule has 1 heterocycles. The molecule has 1 saturated carbocycles. The molecule has 1 aromatic rings. The molecule has 1 fully saturated rings. The molecule has 1 aromatic heterocycles. The first kappa shape index (κ1) is 14.8. The van der Waals surface area contributed by atoms with Crippen LogP contribution < -0.4 is 16.2 Å². The molecular weight excluding hydrogens is 280 g/mol. The number of carbonyl (C=O) groups is 1. The molecule has 2 N–H and O–H groups in total. The predicted octanol–water partition coefficient (Wildman–Crippen LogP) is 1.24. The Balaban J connectivity index is 1.99. The third kappa shape index (κ3) is 3.96. The van der Waals surface area contributed by atoms with E-state index < -0.39 is 0 Å². The monoisotopic (exact) mass is 298 g/mol. The summed E-state index contributed by atoms with van der Waals surface area (Å²) in [6.45, 7) is 4.60.